The molecule has 0 radical (unpaired) electrons. The van der Waals surface area contributed by atoms with Gasteiger partial charge in [0.15, 0.2) is 0 Å². The second-order valence-corrected chi connectivity index (χ2v) is 4.01. The molecule has 1 aromatic rings. The Hall–Kier alpha value is -1.55. The normalized spacial score (nSPS) is 10.2. The van der Waals surface area contributed by atoms with Crippen molar-refractivity contribution < 1.29 is 18.3 Å². The van der Waals surface area contributed by atoms with E-state index in [0.29, 0.717) is 0 Å². The summed E-state index contributed by atoms with van der Waals surface area (Å²) in [6.45, 7) is 1.85. The summed E-state index contributed by atoms with van der Waals surface area (Å²) < 4.78 is 29.8. The minimum atomic E-state index is -2.74. The van der Waals surface area contributed by atoms with E-state index in [1.807, 2.05) is 0 Å². The number of carbonyl (C=O) groups is 1. The van der Waals surface area contributed by atoms with Crippen LogP contribution >= 0.6 is 15.9 Å². The number of carbonyl (C=O) groups excluding carboxylic acids is 1. The monoisotopic (exact) mass is 318 g/mol. The van der Waals surface area contributed by atoms with Crippen LogP contribution < -0.4 is 0 Å². The molecule has 18 heavy (non-hydrogen) atoms. The van der Waals surface area contributed by atoms with E-state index in [4.69, 9.17) is 10.00 Å². The van der Waals surface area contributed by atoms with Gasteiger partial charge in [0.25, 0.3) is 6.43 Å². The predicted octanol–water partition coefficient (Wildman–Crippen LogP) is 2.76. The number of ether oxygens (including phenoxy) is 1. The zero-order valence-corrected chi connectivity index (χ0v) is 11.0. The van der Waals surface area contributed by atoms with Crippen molar-refractivity contribution in [3.05, 3.63) is 27.5 Å². The summed E-state index contributed by atoms with van der Waals surface area (Å²) in [5.74, 6) is -0.557. The van der Waals surface area contributed by atoms with Crippen molar-refractivity contribution in [2.24, 2.45) is 0 Å². The summed E-state index contributed by atoms with van der Waals surface area (Å²) in [4.78, 5) is 15.1. The van der Waals surface area contributed by atoms with Gasteiger partial charge in [-0.05, 0) is 28.9 Å². The highest BCUT2D eigenvalue weighted by Crippen LogP contribution is 2.27. The standard InChI is InChI=1S/C11H9BrF2N2O2/c1-2-18-9(17)4-8-6(5-15)3-7(11(13)14)10(12)16-8/h3,11H,2,4H2,1H3. The number of rotatable bonds is 4. The molecule has 0 N–H and O–H groups in total. The van der Waals surface area contributed by atoms with Crippen molar-refractivity contribution in [1.82, 2.24) is 4.98 Å². The third-order valence-corrected chi connectivity index (χ3v) is 2.69. The molecule has 0 atom stereocenters. The van der Waals surface area contributed by atoms with Gasteiger partial charge in [0, 0.05) is 0 Å². The molecular weight excluding hydrogens is 310 g/mol. The maximum absolute atomic E-state index is 12.6. The van der Waals surface area contributed by atoms with Crippen LogP contribution in [0.4, 0.5) is 8.78 Å². The highest BCUT2D eigenvalue weighted by atomic mass is 79.9. The van der Waals surface area contributed by atoms with E-state index < -0.39 is 12.4 Å². The molecule has 0 fully saturated rings. The summed E-state index contributed by atoms with van der Waals surface area (Å²) in [6, 6.07) is 2.77. The molecule has 0 aliphatic rings. The van der Waals surface area contributed by atoms with Crippen LogP contribution in [0.15, 0.2) is 10.7 Å². The SMILES string of the molecule is CCOC(=O)Cc1nc(Br)c(C(F)F)cc1C#N. The largest absolute Gasteiger partial charge is 0.466 e. The molecule has 0 unspecified atom stereocenters. The van der Waals surface area contributed by atoms with Crippen LogP contribution in [-0.2, 0) is 16.0 Å². The maximum atomic E-state index is 12.6. The van der Waals surface area contributed by atoms with Crippen LogP contribution in [0.25, 0.3) is 0 Å². The van der Waals surface area contributed by atoms with Crippen LogP contribution in [0.2, 0.25) is 0 Å². The van der Waals surface area contributed by atoms with Crippen molar-refractivity contribution in [2.45, 2.75) is 19.8 Å². The fourth-order valence-electron chi connectivity index (χ4n) is 1.27. The molecule has 1 rings (SSSR count). The first-order chi connectivity index (χ1) is 8.49. The van der Waals surface area contributed by atoms with Crippen molar-refractivity contribution in [3.8, 4) is 6.07 Å². The van der Waals surface area contributed by atoms with Crippen LogP contribution in [0.1, 0.15) is 30.2 Å². The second kappa shape index (κ2) is 6.40. The Kier molecular flexibility index (Phi) is 5.16. The average Bonchev–Trinajstić information content (AvgIpc) is 2.29. The molecule has 0 saturated heterocycles. The van der Waals surface area contributed by atoms with Gasteiger partial charge in [-0.25, -0.2) is 13.8 Å². The Balaban J connectivity index is 3.10. The van der Waals surface area contributed by atoms with E-state index in [1.165, 1.54) is 0 Å². The molecule has 1 aromatic heterocycles. The Labute approximate surface area is 111 Å². The number of alkyl halides is 2. The number of hydrogen-bond donors (Lipinski definition) is 0. The third-order valence-electron chi connectivity index (χ3n) is 2.05. The van der Waals surface area contributed by atoms with E-state index in [9.17, 15) is 13.6 Å². The fraction of sp³-hybridized carbons (Fsp3) is 0.364. The third kappa shape index (κ3) is 3.47. The quantitative estimate of drug-likeness (QED) is 0.632. The fourth-order valence-corrected chi connectivity index (χ4v) is 1.78. The molecule has 0 aliphatic carbocycles. The van der Waals surface area contributed by atoms with E-state index in [1.54, 1.807) is 13.0 Å². The predicted molar refractivity (Wildman–Crippen MR) is 61.9 cm³/mol. The van der Waals surface area contributed by atoms with Gasteiger partial charge in [0.05, 0.1) is 29.8 Å². The van der Waals surface area contributed by atoms with Crippen molar-refractivity contribution in [3.63, 3.8) is 0 Å². The number of esters is 1. The number of nitriles is 1. The Bertz CT molecular complexity index is 501. The van der Waals surface area contributed by atoms with Crippen molar-refractivity contribution in [1.29, 1.82) is 5.26 Å². The Morgan fingerprint density at radius 3 is 2.83 bits per heavy atom. The first-order valence-electron chi connectivity index (χ1n) is 5.02. The molecule has 0 amide bonds. The number of halogens is 3. The highest BCUT2D eigenvalue weighted by Gasteiger charge is 2.18. The van der Waals surface area contributed by atoms with E-state index in [2.05, 4.69) is 20.9 Å². The van der Waals surface area contributed by atoms with Gasteiger partial charge in [0.2, 0.25) is 0 Å². The summed E-state index contributed by atoms with van der Waals surface area (Å²) in [5.41, 5.74) is -0.312. The smallest absolute Gasteiger partial charge is 0.311 e. The van der Waals surface area contributed by atoms with Crippen molar-refractivity contribution >= 4 is 21.9 Å². The summed E-state index contributed by atoms with van der Waals surface area (Å²) >= 11 is 2.89. The maximum Gasteiger partial charge on any atom is 0.311 e. The first-order valence-corrected chi connectivity index (χ1v) is 5.82. The lowest BCUT2D eigenvalue weighted by atomic mass is 10.1. The minimum absolute atomic E-state index is 0.0541. The van der Waals surface area contributed by atoms with Gasteiger partial charge in [-0.3, -0.25) is 4.79 Å². The number of pyridine rings is 1. The van der Waals surface area contributed by atoms with Gasteiger partial charge in [0.1, 0.15) is 10.7 Å². The highest BCUT2D eigenvalue weighted by molar-refractivity contribution is 9.10. The molecule has 0 bridgehead atoms. The lowest BCUT2D eigenvalue weighted by Gasteiger charge is -2.08. The minimum Gasteiger partial charge on any atom is -0.466 e. The Morgan fingerprint density at radius 2 is 2.33 bits per heavy atom. The molecule has 0 aromatic carbocycles. The van der Waals surface area contributed by atoms with Crippen LogP contribution in [0, 0.1) is 11.3 Å². The number of nitrogens with zero attached hydrogens (tertiary/aromatic N) is 2. The van der Waals surface area contributed by atoms with E-state index >= 15 is 0 Å². The first kappa shape index (κ1) is 14.5. The van der Waals surface area contributed by atoms with E-state index in [0.717, 1.165) is 6.07 Å². The molecule has 1 heterocycles. The molecule has 0 saturated carbocycles. The average molecular weight is 319 g/mol. The summed E-state index contributed by atoms with van der Waals surface area (Å²) in [6.07, 6.45) is -2.96. The number of hydrogen-bond acceptors (Lipinski definition) is 4. The van der Waals surface area contributed by atoms with Crippen molar-refractivity contribution in [2.75, 3.05) is 6.61 Å². The van der Waals surface area contributed by atoms with E-state index in [-0.39, 0.29) is 34.5 Å². The molecular formula is C11H9BrF2N2O2. The second-order valence-electron chi connectivity index (χ2n) is 3.26. The molecule has 96 valence electrons. The van der Waals surface area contributed by atoms with Gasteiger partial charge in [-0.1, -0.05) is 0 Å². The number of aromatic nitrogens is 1. The van der Waals surface area contributed by atoms with Crippen LogP contribution in [0.3, 0.4) is 0 Å². The zero-order valence-electron chi connectivity index (χ0n) is 9.41. The van der Waals surface area contributed by atoms with Gasteiger partial charge < -0.3 is 4.74 Å². The lowest BCUT2D eigenvalue weighted by molar-refractivity contribution is -0.142. The molecule has 0 spiro atoms. The lowest BCUT2D eigenvalue weighted by Crippen LogP contribution is -2.11. The topological polar surface area (TPSA) is 63.0 Å². The van der Waals surface area contributed by atoms with Crippen LogP contribution in [0.5, 0.6) is 0 Å². The summed E-state index contributed by atoms with van der Waals surface area (Å²) in [5, 5.41) is 8.86. The zero-order chi connectivity index (χ0) is 13.7. The Morgan fingerprint density at radius 1 is 1.67 bits per heavy atom. The summed E-state index contributed by atoms with van der Waals surface area (Å²) in [7, 11) is 0. The molecule has 0 aliphatic heterocycles. The molecule has 7 heteroatoms. The molecule has 4 nitrogen and oxygen atoms in total. The van der Waals surface area contributed by atoms with Crippen LogP contribution in [-0.4, -0.2) is 17.6 Å². The van der Waals surface area contributed by atoms with Gasteiger partial charge in [-0.2, -0.15) is 5.26 Å². The van der Waals surface area contributed by atoms with Gasteiger partial charge in [-0.15, -0.1) is 0 Å². The van der Waals surface area contributed by atoms with Gasteiger partial charge >= 0.3 is 5.97 Å².